The van der Waals surface area contributed by atoms with Crippen molar-refractivity contribution in [2.75, 3.05) is 0 Å². The summed E-state index contributed by atoms with van der Waals surface area (Å²) in [6.07, 6.45) is 1.78. The molecule has 154 valence electrons. The van der Waals surface area contributed by atoms with Crippen LogP contribution in [0.15, 0.2) is 79.0 Å². The maximum Gasteiger partial charge on any atom is 0.213 e. The van der Waals surface area contributed by atoms with E-state index in [1.807, 2.05) is 23.7 Å². The van der Waals surface area contributed by atoms with Crippen molar-refractivity contribution in [2.24, 2.45) is 7.05 Å². The number of hydrogen-bond donors (Lipinski definition) is 0. The molecule has 3 aromatic carbocycles. The van der Waals surface area contributed by atoms with E-state index >= 15 is 0 Å². The van der Waals surface area contributed by atoms with Gasteiger partial charge in [-0.25, -0.2) is 4.57 Å². The fraction of sp³-hybridized carbons (Fsp3) is 0.233. The van der Waals surface area contributed by atoms with Gasteiger partial charge in [-0.05, 0) is 58.8 Å². The van der Waals surface area contributed by atoms with Gasteiger partial charge in [0.1, 0.15) is 7.05 Å². The molecule has 1 heterocycles. The number of rotatable bonds is 2. The molecule has 0 amide bonds. The summed E-state index contributed by atoms with van der Waals surface area (Å²) in [5.41, 5.74) is 10.7. The van der Waals surface area contributed by atoms with Crippen molar-refractivity contribution >= 4 is 0 Å². The zero-order valence-corrected chi connectivity index (χ0v) is 18.6. The predicted octanol–water partition coefficient (Wildman–Crippen LogP) is 7.08. The fourth-order valence-corrected chi connectivity index (χ4v) is 5.16. The Kier molecular flexibility index (Phi) is 3.99. The summed E-state index contributed by atoms with van der Waals surface area (Å²) in [6, 6.07) is 25.5. The summed E-state index contributed by atoms with van der Waals surface area (Å²) in [4.78, 5) is 0. The second kappa shape index (κ2) is 7.50. The Hall–Kier alpha value is -3.19. The maximum absolute atomic E-state index is 8.25. The Labute approximate surface area is 190 Å². The molecule has 0 fully saturated rings. The summed E-state index contributed by atoms with van der Waals surface area (Å²) in [5.74, 6) is 0.573. The summed E-state index contributed by atoms with van der Waals surface area (Å²) in [7, 11) is 1.92. The summed E-state index contributed by atoms with van der Waals surface area (Å²) in [6.45, 7) is 4.39. The summed E-state index contributed by atoms with van der Waals surface area (Å²) < 4.78 is 26.7. The molecule has 1 heteroatoms. The first-order chi connectivity index (χ1) is 16.2. The molecule has 1 aromatic heterocycles. The summed E-state index contributed by atoms with van der Waals surface area (Å²) in [5, 5.41) is 0. The van der Waals surface area contributed by atoms with E-state index in [1.165, 1.54) is 22.3 Å². The lowest BCUT2D eigenvalue weighted by atomic mass is 9.73. The van der Waals surface area contributed by atoms with Crippen molar-refractivity contribution in [1.82, 2.24) is 0 Å². The zero-order chi connectivity index (χ0) is 24.2. The normalized spacial score (nSPS) is 19.0. The van der Waals surface area contributed by atoms with Crippen LogP contribution in [0.2, 0.25) is 0 Å². The molecule has 31 heavy (non-hydrogen) atoms. The summed E-state index contributed by atoms with van der Waals surface area (Å²) >= 11 is 0. The smallest absolute Gasteiger partial charge is 0.201 e. The number of benzene rings is 3. The highest BCUT2D eigenvalue weighted by Gasteiger charge is 2.27. The third kappa shape index (κ3) is 3.20. The van der Waals surface area contributed by atoms with Crippen molar-refractivity contribution in [3.05, 3.63) is 112 Å². The first-order valence-corrected chi connectivity index (χ1v) is 11.0. The van der Waals surface area contributed by atoms with Crippen molar-refractivity contribution in [1.29, 1.82) is 0 Å². The highest BCUT2D eigenvalue weighted by Crippen LogP contribution is 2.44. The molecule has 4 aromatic rings. The van der Waals surface area contributed by atoms with Crippen LogP contribution in [0.3, 0.4) is 0 Å². The minimum Gasteiger partial charge on any atom is -0.201 e. The molecule has 0 saturated heterocycles. The van der Waals surface area contributed by atoms with E-state index in [4.69, 9.17) is 4.11 Å². The van der Waals surface area contributed by atoms with Gasteiger partial charge in [0.15, 0.2) is 6.20 Å². The molecule has 0 aliphatic heterocycles. The van der Waals surface area contributed by atoms with Crippen LogP contribution >= 0.6 is 0 Å². The van der Waals surface area contributed by atoms with Crippen LogP contribution in [0.5, 0.6) is 0 Å². The number of aryl methyl sites for hydroxylation is 3. The molecule has 2 atom stereocenters. The van der Waals surface area contributed by atoms with E-state index in [2.05, 4.69) is 81.4 Å². The van der Waals surface area contributed by atoms with Gasteiger partial charge >= 0.3 is 0 Å². The molecule has 0 radical (unpaired) electrons. The second-order valence-corrected chi connectivity index (χ2v) is 8.83. The van der Waals surface area contributed by atoms with Crippen LogP contribution in [0.4, 0.5) is 0 Å². The number of fused-ring (bicyclic) bond motifs is 2. The van der Waals surface area contributed by atoms with Crippen molar-refractivity contribution in [3.63, 3.8) is 0 Å². The van der Waals surface area contributed by atoms with Gasteiger partial charge in [0.25, 0.3) is 0 Å². The van der Waals surface area contributed by atoms with Gasteiger partial charge in [0, 0.05) is 33.1 Å². The molecule has 2 unspecified atom stereocenters. The fourth-order valence-electron chi connectivity index (χ4n) is 5.16. The Morgan fingerprint density at radius 2 is 1.35 bits per heavy atom. The predicted molar refractivity (Wildman–Crippen MR) is 129 cm³/mol. The largest absolute Gasteiger partial charge is 0.213 e. The lowest BCUT2D eigenvalue weighted by Crippen LogP contribution is -2.31. The van der Waals surface area contributed by atoms with E-state index < -0.39 is 6.85 Å². The number of pyridine rings is 1. The topological polar surface area (TPSA) is 3.88 Å². The Morgan fingerprint density at radius 3 is 2.06 bits per heavy atom. The lowest BCUT2D eigenvalue weighted by Gasteiger charge is -2.31. The minimum atomic E-state index is -2.21. The van der Waals surface area contributed by atoms with Gasteiger partial charge in [-0.3, -0.25) is 0 Å². The van der Waals surface area contributed by atoms with Crippen LogP contribution in [0, 0.1) is 13.8 Å². The molecule has 0 bridgehead atoms. The van der Waals surface area contributed by atoms with Gasteiger partial charge < -0.3 is 0 Å². The van der Waals surface area contributed by atoms with Gasteiger partial charge in [0.2, 0.25) is 5.69 Å². The number of aromatic nitrogens is 1. The second-order valence-electron chi connectivity index (χ2n) is 8.83. The Balaban J connectivity index is 1.72. The zero-order valence-electron chi connectivity index (χ0n) is 21.6. The molecular formula is C30H30N+. The minimum absolute atomic E-state index is 0.259. The SMILES string of the molecule is [2H]C([2H])([2H])c1c[n+](C)c(-c2ccccc2C)cc1-c1ccc2c(c1)C(C)c1ccccc1C2C. The molecule has 0 spiro atoms. The average Bonchev–Trinajstić information content (AvgIpc) is 2.82. The lowest BCUT2D eigenvalue weighted by molar-refractivity contribution is -0.660. The van der Waals surface area contributed by atoms with Crippen LogP contribution in [-0.2, 0) is 7.05 Å². The third-order valence-corrected chi connectivity index (χ3v) is 6.95. The third-order valence-electron chi connectivity index (χ3n) is 6.95. The van der Waals surface area contributed by atoms with Gasteiger partial charge in [0.05, 0.1) is 0 Å². The highest BCUT2D eigenvalue weighted by atomic mass is 14.9. The van der Waals surface area contributed by atoms with Crippen molar-refractivity contribution < 1.29 is 8.68 Å². The highest BCUT2D eigenvalue weighted by molar-refractivity contribution is 5.74. The standard InChI is InChI=1S/C30H30N/c1-19-10-6-7-11-24(19)30-17-28(20(2)18-31(30)5)23-14-15-27-21(3)25-12-8-9-13-26(25)22(4)29(27)16-23/h6-18,21-22H,1-5H3/q+1/i2D3. The van der Waals surface area contributed by atoms with Crippen LogP contribution < -0.4 is 4.57 Å². The first kappa shape index (κ1) is 16.5. The van der Waals surface area contributed by atoms with E-state index in [-0.39, 0.29) is 5.92 Å². The Morgan fingerprint density at radius 1 is 0.710 bits per heavy atom. The van der Waals surface area contributed by atoms with E-state index in [1.54, 1.807) is 6.20 Å². The quantitative estimate of drug-likeness (QED) is 0.313. The van der Waals surface area contributed by atoms with Gasteiger partial charge in [-0.15, -0.1) is 0 Å². The molecule has 0 N–H and O–H groups in total. The van der Waals surface area contributed by atoms with Gasteiger partial charge in [-0.2, -0.15) is 0 Å². The first-order valence-electron chi connectivity index (χ1n) is 12.5. The van der Waals surface area contributed by atoms with E-state index in [0.717, 1.165) is 27.9 Å². The van der Waals surface area contributed by atoms with Crippen molar-refractivity contribution in [2.45, 2.75) is 39.5 Å². The van der Waals surface area contributed by atoms with Crippen LogP contribution in [0.1, 0.15) is 63.2 Å². The molecule has 0 saturated carbocycles. The maximum atomic E-state index is 8.25. The van der Waals surface area contributed by atoms with Crippen molar-refractivity contribution in [3.8, 4) is 22.4 Å². The Bertz CT molecular complexity index is 1400. The number of hydrogen-bond acceptors (Lipinski definition) is 0. The van der Waals surface area contributed by atoms with E-state index in [9.17, 15) is 0 Å². The monoisotopic (exact) mass is 407 g/mol. The average molecular weight is 408 g/mol. The molecule has 1 aliphatic carbocycles. The molecular weight excluding hydrogens is 374 g/mol. The number of nitrogens with zero attached hydrogens (tertiary/aromatic N) is 1. The van der Waals surface area contributed by atoms with Crippen LogP contribution in [0.25, 0.3) is 22.4 Å². The van der Waals surface area contributed by atoms with Gasteiger partial charge in [-0.1, -0.05) is 74.5 Å². The van der Waals surface area contributed by atoms with E-state index in [0.29, 0.717) is 11.5 Å². The molecule has 5 rings (SSSR count). The molecule has 1 aliphatic rings. The molecule has 1 nitrogen and oxygen atoms in total. The van der Waals surface area contributed by atoms with Crippen LogP contribution in [-0.4, -0.2) is 0 Å².